The molecule has 0 bridgehead atoms. The van der Waals surface area contributed by atoms with Gasteiger partial charge in [-0.3, -0.25) is 0 Å². The van der Waals surface area contributed by atoms with Gasteiger partial charge in [0.2, 0.25) is 0 Å². The van der Waals surface area contributed by atoms with E-state index in [9.17, 15) is 13.6 Å². The molecule has 2 N–H and O–H groups in total. The Balaban J connectivity index is 2.01. The first-order valence-electron chi connectivity index (χ1n) is 11.7. The largest absolute Gasteiger partial charge is 0.494 e. The van der Waals surface area contributed by atoms with Gasteiger partial charge >= 0.3 is 5.97 Å². The molecule has 7 nitrogen and oxygen atoms in total. The van der Waals surface area contributed by atoms with Gasteiger partial charge in [0.15, 0.2) is 11.6 Å². The second kappa shape index (κ2) is 9.59. The van der Waals surface area contributed by atoms with Crippen LogP contribution in [0.4, 0.5) is 13.2 Å². The van der Waals surface area contributed by atoms with Crippen LogP contribution < -0.4 is 10.5 Å². The fraction of sp³-hybridized carbons (Fsp3) is 0.333. The zero-order chi connectivity index (χ0) is 27.2. The number of imidazole rings is 1. The Hall–Kier alpha value is -3.79. The number of alkyl halides is 2. The van der Waals surface area contributed by atoms with Crippen molar-refractivity contribution >= 4 is 27.9 Å². The molecule has 0 saturated heterocycles. The van der Waals surface area contributed by atoms with Gasteiger partial charge in [-0.05, 0) is 45.0 Å². The van der Waals surface area contributed by atoms with E-state index in [1.807, 2.05) is 0 Å². The Kier molecular flexibility index (Phi) is 6.81. The van der Waals surface area contributed by atoms with Crippen molar-refractivity contribution in [1.29, 1.82) is 0 Å². The predicted molar refractivity (Wildman–Crippen MR) is 136 cm³/mol. The van der Waals surface area contributed by atoms with Crippen LogP contribution in [0, 0.1) is 5.82 Å². The van der Waals surface area contributed by atoms with Crippen molar-refractivity contribution in [3.05, 3.63) is 59.9 Å². The van der Waals surface area contributed by atoms with Crippen molar-refractivity contribution in [3.8, 4) is 17.3 Å². The number of methoxy groups -OCH3 is 1. The van der Waals surface area contributed by atoms with Crippen LogP contribution in [0.2, 0.25) is 0 Å². The third kappa shape index (κ3) is 4.69. The third-order valence-corrected chi connectivity index (χ3v) is 6.15. The van der Waals surface area contributed by atoms with Gasteiger partial charge in [-0.1, -0.05) is 18.7 Å². The number of esters is 1. The van der Waals surface area contributed by atoms with Crippen LogP contribution in [0.1, 0.15) is 42.7 Å². The van der Waals surface area contributed by atoms with Crippen LogP contribution in [-0.2, 0) is 18.3 Å². The second-order valence-corrected chi connectivity index (χ2v) is 9.27. The average Bonchev–Trinajstić information content (AvgIpc) is 3.35. The van der Waals surface area contributed by atoms with Crippen molar-refractivity contribution in [2.24, 2.45) is 12.8 Å². The van der Waals surface area contributed by atoms with Gasteiger partial charge in [-0.2, -0.15) is 0 Å². The summed E-state index contributed by atoms with van der Waals surface area (Å²) in [6, 6.07) is 7.24. The number of carbonyl (C=O) groups excluding carboxylic acids is 1. The minimum atomic E-state index is -3.33. The van der Waals surface area contributed by atoms with Gasteiger partial charge < -0.3 is 24.3 Å². The number of carbonyl (C=O) groups is 1. The van der Waals surface area contributed by atoms with E-state index in [0.29, 0.717) is 28.2 Å². The van der Waals surface area contributed by atoms with Gasteiger partial charge in [0.1, 0.15) is 11.3 Å². The van der Waals surface area contributed by atoms with Gasteiger partial charge in [-0.15, -0.1) is 0 Å². The molecule has 37 heavy (non-hydrogen) atoms. The van der Waals surface area contributed by atoms with E-state index in [4.69, 9.17) is 15.2 Å². The fourth-order valence-corrected chi connectivity index (χ4v) is 4.40. The van der Waals surface area contributed by atoms with Gasteiger partial charge in [0.05, 0.1) is 42.0 Å². The zero-order valence-corrected chi connectivity index (χ0v) is 21.3. The average molecular weight is 515 g/mol. The number of benzene rings is 2. The molecule has 0 spiro atoms. The van der Waals surface area contributed by atoms with E-state index >= 15 is 4.39 Å². The van der Waals surface area contributed by atoms with Crippen LogP contribution in [0.15, 0.2) is 43.0 Å². The number of aromatic nitrogens is 3. The highest BCUT2D eigenvalue weighted by Crippen LogP contribution is 2.37. The number of aryl methyl sites for hydroxylation is 1. The Morgan fingerprint density at radius 3 is 2.51 bits per heavy atom. The molecule has 0 fully saturated rings. The summed E-state index contributed by atoms with van der Waals surface area (Å²) in [7, 11) is 3.14. The van der Waals surface area contributed by atoms with Crippen LogP contribution in [-0.4, -0.2) is 39.2 Å². The smallest absolute Gasteiger partial charge is 0.338 e. The molecule has 0 aliphatic carbocycles. The van der Waals surface area contributed by atoms with Gasteiger partial charge in [0.25, 0.3) is 5.92 Å². The minimum absolute atomic E-state index is 0.00783. The molecular weight excluding hydrogens is 485 g/mol. The van der Waals surface area contributed by atoms with Gasteiger partial charge in [-0.25, -0.2) is 22.9 Å². The summed E-state index contributed by atoms with van der Waals surface area (Å²) in [5, 5.41) is 0.414. The number of fused-ring (bicyclic) bond motifs is 2. The maximum atomic E-state index is 15.6. The van der Waals surface area contributed by atoms with E-state index in [2.05, 4.69) is 11.6 Å². The standard InChI is InChI=1S/C27H29F3N4O3/c1-7-27(29,30)13-34-20(11-16-8-9-18(15(4)31)22(28)23(16)34)25-32-19-10-17(26(35)37-14(2)3)12-21(36-6)24(19)33(25)5/h7-12,14-15H,1,13,31H2,2-6H3/t15-/m1/s1. The van der Waals surface area contributed by atoms with Crippen molar-refractivity contribution in [2.45, 2.75) is 45.4 Å². The molecule has 0 aliphatic heterocycles. The van der Waals surface area contributed by atoms with E-state index in [0.717, 1.165) is 0 Å². The van der Waals surface area contributed by atoms with Gasteiger partial charge in [0, 0.05) is 24.0 Å². The highest BCUT2D eigenvalue weighted by Gasteiger charge is 2.30. The van der Waals surface area contributed by atoms with Crippen molar-refractivity contribution < 1.29 is 27.4 Å². The number of allylic oxidation sites excluding steroid dienone is 1. The summed E-state index contributed by atoms with van der Waals surface area (Å²) in [6.07, 6.45) is 0.201. The molecule has 1 atom stereocenters. The molecular formula is C27H29F3N4O3. The molecule has 2 aromatic heterocycles. The summed E-state index contributed by atoms with van der Waals surface area (Å²) >= 11 is 0. The van der Waals surface area contributed by atoms with Crippen LogP contribution in [0.3, 0.4) is 0 Å². The summed E-state index contributed by atoms with van der Waals surface area (Å²) in [6.45, 7) is 7.46. The number of rotatable bonds is 8. The molecule has 4 rings (SSSR count). The lowest BCUT2D eigenvalue weighted by atomic mass is 10.1. The lowest BCUT2D eigenvalue weighted by Gasteiger charge is -2.18. The molecule has 10 heteroatoms. The third-order valence-electron chi connectivity index (χ3n) is 6.15. The Labute approximate surface area is 212 Å². The predicted octanol–water partition coefficient (Wildman–Crippen LogP) is 5.75. The molecule has 0 saturated carbocycles. The SMILES string of the molecule is C=CC(F)(F)Cn1c(-c2nc3cc(C(=O)OC(C)C)cc(OC)c3n2C)cc2ccc([C@@H](C)N)c(F)c21. The molecule has 0 unspecified atom stereocenters. The summed E-state index contributed by atoms with van der Waals surface area (Å²) < 4.78 is 58.5. The van der Waals surface area contributed by atoms with E-state index in [1.54, 1.807) is 56.7 Å². The van der Waals surface area contributed by atoms with E-state index < -0.39 is 30.3 Å². The maximum absolute atomic E-state index is 15.6. The Morgan fingerprint density at radius 1 is 1.22 bits per heavy atom. The molecule has 196 valence electrons. The fourth-order valence-electron chi connectivity index (χ4n) is 4.40. The lowest BCUT2D eigenvalue weighted by molar-refractivity contribution is 0.0370. The summed E-state index contributed by atoms with van der Waals surface area (Å²) in [5.41, 5.74) is 7.52. The number of nitrogens with zero attached hydrogens (tertiary/aromatic N) is 3. The first kappa shape index (κ1) is 26.3. The summed E-state index contributed by atoms with van der Waals surface area (Å²) in [5.74, 6) is -3.92. The minimum Gasteiger partial charge on any atom is -0.494 e. The van der Waals surface area contributed by atoms with Crippen LogP contribution >= 0.6 is 0 Å². The van der Waals surface area contributed by atoms with Crippen LogP contribution in [0.5, 0.6) is 5.75 Å². The topological polar surface area (TPSA) is 84.3 Å². The van der Waals surface area contributed by atoms with E-state index in [-0.39, 0.29) is 34.3 Å². The maximum Gasteiger partial charge on any atom is 0.338 e. The van der Waals surface area contributed by atoms with Crippen molar-refractivity contribution in [1.82, 2.24) is 14.1 Å². The monoisotopic (exact) mass is 514 g/mol. The molecule has 0 amide bonds. The second-order valence-electron chi connectivity index (χ2n) is 9.27. The first-order valence-corrected chi connectivity index (χ1v) is 11.7. The number of ether oxygens (including phenoxy) is 2. The molecule has 2 heterocycles. The number of nitrogens with two attached hydrogens (primary N) is 1. The normalized spacial score (nSPS) is 12.9. The Morgan fingerprint density at radius 2 is 1.92 bits per heavy atom. The Bertz CT molecular complexity index is 1520. The molecule has 2 aromatic carbocycles. The van der Waals surface area contributed by atoms with Crippen molar-refractivity contribution in [2.75, 3.05) is 7.11 Å². The molecule has 0 radical (unpaired) electrons. The lowest BCUT2D eigenvalue weighted by Crippen LogP contribution is -2.22. The highest BCUT2D eigenvalue weighted by atomic mass is 19.3. The summed E-state index contributed by atoms with van der Waals surface area (Å²) in [4.78, 5) is 17.2. The molecule has 0 aliphatic rings. The number of halogens is 3. The van der Waals surface area contributed by atoms with Crippen molar-refractivity contribution in [3.63, 3.8) is 0 Å². The number of hydrogen-bond acceptors (Lipinski definition) is 5. The quantitative estimate of drug-likeness (QED) is 0.239. The zero-order valence-electron chi connectivity index (χ0n) is 21.3. The highest BCUT2D eigenvalue weighted by molar-refractivity contribution is 5.97. The van der Waals surface area contributed by atoms with Crippen LogP contribution in [0.25, 0.3) is 33.5 Å². The number of hydrogen-bond donors (Lipinski definition) is 1. The molecule has 4 aromatic rings. The first-order chi connectivity index (χ1) is 17.4. The van der Waals surface area contributed by atoms with E-state index in [1.165, 1.54) is 17.7 Å².